The first-order chi connectivity index (χ1) is 11.5. The molecule has 0 radical (unpaired) electrons. The third-order valence-electron chi connectivity index (χ3n) is 3.47. The molecule has 25 heavy (non-hydrogen) atoms. The van der Waals surface area contributed by atoms with Crippen molar-refractivity contribution >= 4 is 29.9 Å². The molecule has 0 bridgehead atoms. The van der Waals surface area contributed by atoms with Gasteiger partial charge in [-0.25, -0.2) is 13.8 Å². The molecule has 0 saturated carbocycles. The second-order valence-electron chi connectivity index (χ2n) is 5.42. The number of phenols is 1. The molecule has 4 nitrogen and oxygen atoms in total. The summed E-state index contributed by atoms with van der Waals surface area (Å²) in [6, 6.07) is 9.23. The van der Waals surface area contributed by atoms with Crippen LogP contribution in [-0.2, 0) is 13.1 Å². The molecule has 0 aliphatic carbocycles. The van der Waals surface area contributed by atoms with E-state index in [1.807, 2.05) is 13.0 Å². The molecule has 0 aromatic heterocycles. The Morgan fingerprint density at radius 1 is 1.04 bits per heavy atom. The highest BCUT2D eigenvalue weighted by Crippen LogP contribution is 2.16. The summed E-state index contributed by atoms with van der Waals surface area (Å²) in [7, 11) is 0. The van der Waals surface area contributed by atoms with E-state index in [1.165, 1.54) is 18.2 Å². The van der Waals surface area contributed by atoms with E-state index in [0.717, 1.165) is 5.56 Å². The molecule has 136 valence electrons. The lowest BCUT2D eigenvalue weighted by Gasteiger charge is -2.12. The summed E-state index contributed by atoms with van der Waals surface area (Å²) < 4.78 is 26.9. The second kappa shape index (κ2) is 10.2. The number of rotatable bonds is 5. The zero-order chi connectivity index (χ0) is 17.5. The van der Waals surface area contributed by atoms with Gasteiger partial charge in [0.15, 0.2) is 17.5 Å². The van der Waals surface area contributed by atoms with Gasteiger partial charge in [-0.2, -0.15) is 0 Å². The van der Waals surface area contributed by atoms with E-state index in [4.69, 9.17) is 0 Å². The fraction of sp³-hybridized carbons (Fsp3) is 0.278. The van der Waals surface area contributed by atoms with E-state index in [1.54, 1.807) is 19.1 Å². The highest BCUT2D eigenvalue weighted by molar-refractivity contribution is 14.0. The normalized spacial score (nSPS) is 11.0. The van der Waals surface area contributed by atoms with Gasteiger partial charge in [0.25, 0.3) is 0 Å². The SMILES string of the molecule is CCNC(=NCc1ccc(O)c(F)c1)NCc1ccc(C)c(F)c1.I. The van der Waals surface area contributed by atoms with Crippen LogP contribution in [0.5, 0.6) is 5.75 Å². The van der Waals surface area contributed by atoms with E-state index in [-0.39, 0.29) is 42.1 Å². The van der Waals surface area contributed by atoms with Crippen molar-refractivity contribution in [3.63, 3.8) is 0 Å². The zero-order valence-electron chi connectivity index (χ0n) is 14.1. The first kappa shape index (κ1) is 21.1. The molecule has 0 fully saturated rings. The Morgan fingerprint density at radius 3 is 2.36 bits per heavy atom. The van der Waals surface area contributed by atoms with Gasteiger partial charge < -0.3 is 15.7 Å². The van der Waals surface area contributed by atoms with Gasteiger partial charge >= 0.3 is 0 Å². The average molecular weight is 461 g/mol. The van der Waals surface area contributed by atoms with Crippen molar-refractivity contribution in [2.75, 3.05) is 6.54 Å². The molecule has 0 saturated heterocycles. The molecular weight excluding hydrogens is 439 g/mol. The minimum atomic E-state index is -0.671. The predicted octanol–water partition coefficient (Wildman–Crippen LogP) is 3.85. The number of aromatic hydroxyl groups is 1. The Kier molecular flexibility index (Phi) is 8.60. The summed E-state index contributed by atoms with van der Waals surface area (Å²) in [4.78, 5) is 4.36. The Morgan fingerprint density at radius 2 is 1.72 bits per heavy atom. The van der Waals surface area contributed by atoms with Gasteiger partial charge in [-0.15, -0.1) is 24.0 Å². The van der Waals surface area contributed by atoms with E-state index in [0.29, 0.717) is 30.2 Å². The van der Waals surface area contributed by atoms with Gasteiger partial charge in [-0.3, -0.25) is 0 Å². The Labute approximate surface area is 163 Å². The van der Waals surface area contributed by atoms with Gasteiger partial charge in [-0.1, -0.05) is 18.2 Å². The van der Waals surface area contributed by atoms with Crippen LogP contribution in [0.2, 0.25) is 0 Å². The van der Waals surface area contributed by atoms with Crippen LogP contribution in [0.25, 0.3) is 0 Å². The number of hydrogen-bond donors (Lipinski definition) is 3. The highest BCUT2D eigenvalue weighted by atomic mass is 127. The Hall–Kier alpha value is -1.90. The maximum absolute atomic E-state index is 13.6. The third-order valence-corrected chi connectivity index (χ3v) is 3.47. The third kappa shape index (κ3) is 6.49. The molecule has 0 unspecified atom stereocenters. The number of nitrogens with zero attached hydrogens (tertiary/aromatic N) is 1. The van der Waals surface area contributed by atoms with Crippen molar-refractivity contribution in [1.29, 1.82) is 0 Å². The first-order valence-corrected chi connectivity index (χ1v) is 7.74. The van der Waals surface area contributed by atoms with E-state index >= 15 is 0 Å². The monoisotopic (exact) mass is 461 g/mol. The lowest BCUT2D eigenvalue weighted by atomic mass is 10.1. The number of phenolic OH excluding ortho intramolecular Hbond substituents is 1. The van der Waals surface area contributed by atoms with Crippen molar-refractivity contribution in [3.05, 3.63) is 64.7 Å². The van der Waals surface area contributed by atoms with Gasteiger partial charge in [-0.05, 0) is 48.7 Å². The Bertz CT molecular complexity index is 738. The number of hydrogen-bond acceptors (Lipinski definition) is 2. The van der Waals surface area contributed by atoms with Crippen molar-refractivity contribution in [2.24, 2.45) is 4.99 Å². The van der Waals surface area contributed by atoms with Crippen LogP contribution in [0.3, 0.4) is 0 Å². The molecule has 0 spiro atoms. The average Bonchev–Trinajstić information content (AvgIpc) is 2.56. The summed E-state index contributed by atoms with van der Waals surface area (Å²) >= 11 is 0. The first-order valence-electron chi connectivity index (χ1n) is 7.74. The van der Waals surface area contributed by atoms with Gasteiger partial charge in [0.2, 0.25) is 0 Å². The molecule has 2 rings (SSSR count). The maximum atomic E-state index is 13.6. The molecule has 3 N–H and O–H groups in total. The number of halogens is 3. The van der Waals surface area contributed by atoms with Gasteiger partial charge in [0.05, 0.1) is 6.54 Å². The van der Waals surface area contributed by atoms with Gasteiger partial charge in [0.1, 0.15) is 5.82 Å². The summed E-state index contributed by atoms with van der Waals surface area (Å²) in [6.45, 7) is 5.00. The number of nitrogens with one attached hydrogen (secondary N) is 2. The standard InChI is InChI=1S/C18H21F2N3O.HI/c1-3-21-18(22-10-13-5-4-12(2)15(19)8-13)23-11-14-6-7-17(24)16(20)9-14;/h4-9,24H,3,10-11H2,1-2H3,(H2,21,22,23);1H. The topological polar surface area (TPSA) is 56.7 Å². The number of aryl methyl sites for hydroxylation is 1. The van der Waals surface area contributed by atoms with E-state index in [9.17, 15) is 13.9 Å². The van der Waals surface area contributed by atoms with Crippen LogP contribution >= 0.6 is 24.0 Å². The lowest BCUT2D eigenvalue weighted by molar-refractivity contribution is 0.432. The smallest absolute Gasteiger partial charge is 0.191 e. The van der Waals surface area contributed by atoms with Crippen LogP contribution in [-0.4, -0.2) is 17.6 Å². The molecule has 0 aliphatic rings. The van der Waals surface area contributed by atoms with Gasteiger partial charge in [0, 0.05) is 13.1 Å². The molecule has 0 aliphatic heterocycles. The van der Waals surface area contributed by atoms with Crippen LogP contribution < -0.4 is 10.6 Å². The van der Waals surface area contributed by atoms with Crippen LogP contribution in [0.1, 0.15) is 23.6 Å². The number of benzene rings is 2. The van der Waals surface area contributed by atoms with Crippen molar-refractivity contribution in [3.8, 4) is 5.75 Å². The summed E-state index contributed by atoms with van der Waals surface area (Å²) in [6.07, 6.45) is 0. The summed E-state index contributed by atoms with van der Waals surface area (Å²) in [5.41, 5.74) is 2.05. The van der Waals surface area contributed by atoms with E-state index in [2.05, 4.69) is 15.6 Å². The maximum Gasteiger partial charge on any atom is 0.191 e. The molecule has 2 aromatic carbocycles. The van der Waals surface area contributed by atoms with Crippen molar-refractivity contribution in [2.45, 2.75) is 26.9 Å². The quantitative estimate of drug-likeness (QED) is 0.360. The van der Waals surface area contributed by atoms with Crippen LogP contribution in [0.4, 0.5) is 8.78 Å². The van der Waals surface area contributed by atoms with E-state index < -0.39 is 5.82 Å². The summed E-state index contributed by atoms with van der Waals surface area (Å²) in [5.74, 6) is -0.743. The molecular formula is C18H22F2IN3O. The lowest BCUT2D eigenvalue weighted by Crippen LogP contribution is -2.36. The fourth-order valence-corrected chi connectivity index (χ4v) is 2.09. The fourth-order valence-electron chi connectivity index (χ4n) is 2.09. The van der Waals surface area contributed by atoms with Crippen molar-refractivity contribution in [1.82, 2.24) is 10.6 Å². The highest BCUT2D eigenvalue weighted by Gasteiger charge is 2.04. The minimum Gasteiger partial charge on any atom is -0.505 e. The predicted molar refractivity (Wildman–Crippen MR) is 106 cm³/mol. The number of aliphatic imine (C=N–C) groups is 1. The van der Waals surface area contributed by atoms with Crippen molar-refractivity contribution < 1.29 is 13.9 Å². The second-order valence-corrected chi connectivity index (χ2v) is 5.42. The van der Waals surface area contributed by atoms with Crippen LogP contribution in [0.15, 0.2) is 41.4 Å². The summed E-state index contributed by atoms with van der Waals surface area (Å²) in [5, 5.41) is 15.4. The molecule has 0 atom stereocenters. The molecule has 0 amide bonds. The van der Waals surface area contributed by atoms with Crippen LogP contribution in [0, 0.1) is 18.6 Å². The minimum absolute atomic E-state index is 0. The number of guanidine groups is 1. The molecule has 7 heteroatoms. The molecule has 0 heterocycles. The Balaban J connectivity index is 0.00000312. The zero-order valence-corrected chi connectivity index (χ0v) is 16.5. The largest absolute Gasteiger partial charge is 0.505 e. The molecule has 2 aromatic rings.